The van der Waals surface area contributed by atoms with Gasteiger partial charge in [-0.15, -0.1) is 0 Å². The van der Waals surface area contributed by atoms with Gasteiger partial charge < -0.3 is 10.6 Å². The van der Waals surface area contributed by atoms with E-state index in [1.165, 1.54) is 6.92 Å². The molecule has 1 aliphatic rings. The molecule has 1 aliphatic carbocycles. The topological polar surface area (TPSA) is 82.1 Å². The van der Waals surface area contributed by atoms with Crippen LogP contribution in [0, 0.1) is 11.3 Å². The second kappa shape index (κ2) is 4.42. The predicted octanol–water partition coefficient (Wildman–Crippen LogP) is 0.405. The third kappa shape index (κ3) is 3.34. The fraction of sp³-hybridized carbons (Fsp3) is 0.700. The van der Waals surface area contributed by atoms with Crippen molar-refractivity contribution in [1.29, 1.82) is 5.41 Å². The first-order valence-corrected chi connectivity index (χ1v) is 5.06. The van der Waals surface area contributed by atoms with E-state index < -0.39 is 5.54 Å². The Morgan fingerprint density at radius 3 is 2.60 bits per heavy atom. The molecule has 2 amide bonds. The maximum atomic E-state index is 10.8. The number of carbonyl (C=O) groups is 2. The van der Waals surface area contributed by atoms with Gasteiger partial charge in [-0.05, 0) is 19.3 Å². The lowest BCUT2D eigenvalue weighted by molar-refractivity contribution is -0.118. The van der Waals surface area contributed by atoms with Crippen molar-refractivity contribution >= 4 is 18.2 Å². The van der Waals surface area contributed by atoms with Crippen molar-refractivity contribution < 1.29 is 9.59 Å². The van der Waals surface area contributed by atoms with Gasteiger partial charge in [0.2, 0.25) is 12.3 Å². The van der Waals surface area contributed by atoms with Gasteiger partial charge in [0.25, 0.3) is 0 Å². The highest BCUT2D eigenvalue weighted by Gasteiger charge is 2.36. The summed E-state index contributed by atoms with van der Waals surface area (Å²) < 4.78 is 0. The number of amidine groups is 1. The summed E-state index contributed by atoms with van der Waals surface area (Å²) in [4.78, 5) is 21.3. The Bertz CT molecular complexity index is 286. The molecule has 5 nitrogen and oxygen atoms in total. The van der Waals surface area contributed by atoms with Crippen LogP contribution in [-0.4, -0.2) is 23.7 Å². The smallest absolute Gasteiger partial charge is 0.222 e. The molecule has 0 aromatic rings. The second-order valence-corrected chi connectivity index (χ2v) is 4.30. The molecule has 0 saturated heterocycles. The van der Waals surface area contributed by atoms with Crippen LogP contribution < -0.4 is 10.6 Å². The summed E-state index contributed by atoms with van der Waals surface area (Å²) in [6.45, 7) is 3.12. The van der Waals surface area contributed by atoms with Crippen LogP contribution in [0.15, 0.2) is 0 Å². The van der Waals surface area contributed by atoms with Gasteiger partial charge in [-0.3, -0.25) is 15.0 Å². The molecule has 15 heavy (non-hydrogen) atoms. The van der Waals surface area contributed by atoms with Crippen LogP contribution in [0.25, 0.3) is 0 Å². The summed E-state index contributed by atoms with van der Waals surface area (Å²) in [5.41, 5.74) is -0.741. The molecular formula is C10H17N3O2. The van der Waals surface area contributed by atoms with E-state index in [1.807, 2.05) is 0 Å². The number of amides is 2. The normalized spacial score (nSPS) is 18.8. The van der Waals surface area contributed by atoms with E-state index in [-0.39, 0.29) is 11.7 Å². The van der Waals surface area contributed by atoms with Crippen molar-refractivity contribution in [2.45, 2.75) is 38.6 Å². The molecule has 3 N–H and O–H groups in total. The van der Waals surface area contributed by atoms with Crippen LogP contribution in [0.5, 0.6) is 0 Å². The number of hydrogen-bond acceptors (Lipinski definition) is 3. The molecule has 0 aromatic carbocycles. The summed E-state index contributed by atoms with van der Waals surface area (Å²) in [7, 11) is 0. The fourth-order valence-corrected chi connectivity index (χ4v) is 1.58. The van der Waals surface area contributed by atoms with E-state index in [1.54, 1.807) is 6.92 Å². The Morgan fingerprint density at radius 1 is 1.60 bits per heavy atom. The zero-order valence-electron chi connectivity index (χ0n) is 9.09. The number of carbonyl (C=O) groups excluding carboxylic acids is 2. The molecule has 5 heteroatoms. The van der Waals surface area contributed by atoms with Gasteiger partial charge in [-0.2, -0.15) is 0 Å². The molecule has 1 rings (SSSR count). The van der Waals surface area contributed by atoms with Crippen molar-refractivity contribution in [2.24, 2.45) is 5.92 Å². The first-order chi connectivity index (χ1) is 6.98. The molecule has 0 heterocycles. The van der Waals surface area contributed by atoms with Crippen LogP contribution in [0.3, 0.4) is 0 Å². The minimum absolute atomic E-state index is 0.0639. The van der Waals surface area contributed by atoms with Crippen molar-refractivity contribution in [2.75, 3.05) is 0 Å². The molecule has 0 aromatic heterocycles. The summed E-state index contributed by atoms with van der Waals surface area (Å²) >= 11 is 0. The molecule has 0 bridgehead atoms. The Labute approximate surface area is 89.1 Å². The van der Waals surface area contributed by atoms with Crippen LogP contribution in [0.4, 0.5) is 0 Å². The van der Waals surface area contributed by atoms with Crippen LogP contribution in [0.2, 0.25) is 0 Å². The third-order valence-electron chi connectivity index (χ3n) is 2.62. The molecule has 0 radical (unpaired) electrons. The average molecular weight is 211 g/mol. The highest BCUT2D eigenvalue weighted by molar-refractivity contribution is 6.01. The van der Waals surface area contributed by atoms with E-state index in [9.17, 15) is 9.59 Å². The monoisotopic (exact) mass is 211 g/mol. The van der Waals surface area contributed by atoms with Crippen molar-refractivity contribution in [3.05, 3.63) is 0 Å². The number of hydrogen-bond donors (Lipinski definition) is 3. The van der Waals surface area contributed by atoms with Gasteiger partial charge in [-0.25, -0.2) is 0 Å². The summed E-state index contributed by atoms with van der Waals surface area (Å²) in [5.74, 6) is 0.347. The number of nitrogens with one attached hydrogen (secondary N) is 3. The van der Waals surface area contributed by atoms with Gasteiger partial charge in [0.1, 0.15) is 5.84 Å². The van der Waals surface area contributed by atoms with E-state index in [4.69, 9.17) is 5.41 Å². The highest BCUT2D eigenvalue weighted by Crippen LogP contribution is 2.36. The lowest BCUT2D eigenvalue weighted by atomic mass is 9.93. The average Bonchev–Trinajstić information content (AvgIpc) is 2.87. The Hall–Kier alpha value is -1.39. The highest BCUT2D eigenvalue weighted by atomic mass is 16.1. The molecule has 84 valence electrons. The van der Waals surface area contributed by atoms with Crippen molar-refractivity contribution in [1.82, 2.24) is 10.6 Å². The molecule has 1 atom stereocenters. The molecule has 0 aliphatic heterocycles. The van der Waals surface area contributed by atoms with E-state index in [0.29, 0.717) is 18.7 Å². The van der Waals surface area contributed by atoms with E-state index >= 15 is 0 Å². The third-order valence-corrected chi connectivity index (χ3v) is 2.62. The predicted molar refractivity (Wildman–Crippen MR) is 56.5 cm³/mol. The van der Waals surface area contributed by atoms with Gasteiger partial charge in [-0.1, -0.05) is 12.8 Å². The lowest BCUT2D eigenvalue weighted by Crippen LogP contribution is -2.55. The zero-order chi connectivity index (χ0) is 11.5. The fourth-order valence-electron chi connectivity index (χ4n) is 1.58. The Kier molecular flexibility index (Phi) is 3.44. The zero-order valence-corrected chi connectivity index (χ0v) is 9.09. The summed E-state index contributed by atoms with van der Waals surface area (Å²) in [6.07, 6.45) is 3.58. The second-order valence-electron chi connectivity index (χ2n) is 4.30. The Balaban J connectivity index is 2.63. The minimum Gasteiger partial charge on any atom is -0.346 e. The summed E-state index contributed by atoms with van der Waals surface area (Å²) in [6, 6.07) is 0. The molecule has 0 spiro atoms. The van der Waals surface area contributed by atoms with Crippen LogP contribution >= 0.6 is 0 Å². The molecular weight excluding hydrogens is 194 g/mol. The largest absolute Gasteiger partial charge is 0.346 e. The quantitative estimate of drug-likeness (QED) is 0.349. The molecule has 1 fully saturated rings. The maximum absolute atomic E-state index is 10.8. The van der Waals surface area contributed by atoms with Crippen molar-refractivity contribution in [3.8, 4) is 0 Å². The minimum atomic E-state index is -0.741. The number of rotatable bonds is 5. The van der Waals surface area contributed by atoms with Gasteiger partial charge >= 0.3 is 0 Å². The van der Waals surface area contributed by atoms with Crippen LogP contribution in [0.1, 0.15) is 33.1 Å². The van der Waals surface area contributed by atoms with Gasteiger partial charge in [0.15, 0.2) is 0 Å². The SMILES string of the molecule is CC(=O)NC(=N)C(C)(CC1CC1)NC=O. The van der Waals surface area contributed by atoms with E-state index in [2.05, 4.69) is 10.6 Å². The standard InChI is InChI=1S/C10H17N3O2/c1-7(15)13-9(11)10(2,12-6-14)5-8-3-4-8/h6,8H,3-5H2,1-2H3,(H,12,14)(H2,11,13,15). The molecule has 1 unspecified atom stereocenters. The first-order valence-electron chi connectivity index (χ1n) is 5.06. The summed E-state index contributed by atoms with van der Waals surface area (Å²) in [5, 5.41) is 12.8. The van der Waals surface area contributed by atoms with Crippen LogP contribution in [-0.2, 0) is 9.59 Å². The molecule has 1 saturated carbocycles. The lowest BCUT2D eigenvalue weighted by Gasteiger charge is -2.29. The van der Waals surface area contributed by atoms with E-state index in [0.717, 1.165) is 12.8 Å². The Morgan fingerprint density at radius 2 is 2.20 bits per heavy atom. The van der Waals surface area contributed by atoms with Gasteiger partial charge in [0.05, 0.1) is 5.54 Å². The van der Waals surface area contributed by atoms with Crippen molar-refractivity contribution in [3.63, 3.8) is 0 Å². The van der Waals surface area contributed by atoms with Gasteiger partial charge in [0, 0.05) is 6.92 Å². The first kappa shape index (κ1) is 11.7. The maximum Gasteiger partial charge on any atom is 0.222 e.